The highest BCUT2D eigenvalue weighted by molar-refractivity contribution is 6.13. The van der Waals surface area contributed by atoms with Crippen LogP contribution in [0.25, 0.3) is 11.3 Å². The molecule has 0 fully saturated rings. The zero-order valence-electron chi connectivity index (χ0n) is 13.5. The highest BCUT2D eigenvalue weighted by Crippen LogP contribution is 2.37. The minimum atomic E-state index is -0.750. The Balaban J connectivity index is 1.88. The number of carbonyl (C=O) groups is 1. The first kappa shape index (κ1) is 15.9. The number of amides is 1. The quantitative estimate of drug-likeness (QED) is 0.658. The smallest absolute Gasteiger partial charge is 0.221 e. The lowest BCUT2D eigenvalue weighted by Crippen LogP contribution is -2.18. The number of benzene rings is 1. The Kier molecular flexibility index (Phi) is 3.68. The number of nitrogens with zero attached hydrogens (tertiary/aromatic N) is 3. The number of rotatable bonds is 2. The van der Waals surface area contributed by atoms with E-state index in [4.69, 9.17) is 0 Å². The van der Waals surface area contributed by atoms with Gasteiger partial charge in [0, 0.05) is 12.5 Å². The Morgan fingerprint density at radius 2 is 1.96 bits per heavy atom. The van der Waals surface area contributed by atoms with Crippen LogP contribution in [-0.4, -0.2) is 26.9 Å². The fraction of sp³-hybridized carbons (Fsp3) is 0.0588. The molecule has 26 heavy (non-hydrogen) atoms. The highest BCUT2D eigenvalue weighted by atomic mass is 19.1. The van der Waals surface area contributed by atoms with Crippen LogP contribution in [0.15, 0.2) is 41.7 Å². The summed E-state index contributed by atoms with van der Waals surface area (Å²) in [5, 5.41) is 12.3. The predicted molar refractivity (Wildman–Crippen MR) is 92.3 cm³/mol. The maximum Gasteiger partial charge on any atom is 0.221 e. The largest absolute Gasteiger partial charge is 0.325 e. The van der Waals surface area contributed by atoms with Gasteiger partial charge < -0.3 is 10.6 Å². The summed E-state index contributed by atoms with van der Waals surface area (Å²) in [6.45, 7) is 1.38. The molecule has 2 aromatic heterocycles. The van der Waals surface area contributed by atoms with Gasteiger partial charge in [-0.25, -0.2) is 18.8 Å². The summed E-state index contributed by atoms with van der Waals surface area (Å²) in [7, 11) is 0. The molecule has 4 rings (SSSR count). The number of fused-ring (bicyclic) bond motifs is 3. The van der Waals surface area contributed by atoms with E-state index in [-0.39, 0.29) is 17.3 Å². The first-order valence-electron chi connectivity index (χ1n) is 7.64. The average Bonchev–Trinajstić information content (AvgIpc) is 2.98. The number of pyridine rings is 1. The molecular formula is C17H12F2N6O. The fourth-order valence-electron chi connectivity index (χ4n) is 2.69. The Morgan fingerprint density at radius 1 is 1.19 bits per heavy atom. The molecule has 1 aromatic carbocycles. The number of anilines is 2. The molecule has 7 nitrogen and oxygen atoms in total. The fourth-order valence-corrected chi connectivity index (χ4v) is 2.69. The summed E-state index contributed by atoms with van der Waals surface area (Å²) in [4.78, 5) is 19.8. The number of aromatic amines is 1. The van der Waals surface area contributed by atoms with E-state index < -0.39 is 11.6 Å². The molecule has 0 unspecified atom stereocenters. The van der Waals surface area contributed by atoms with Crippen LogP contribution in [0.1, 0.15) is 12.5 Å². The molecule has 3 N–H and O–H groups in total. The number of hydrogen-bond acceptors (Lipinski definition) is 5. The number of H-pyrrole nitrogens is 1. The SMILES string of the molecule is CC(=O)Nc1cnc2c(c1)-c1[nH]ncc1N=C(c1c(F)cccc1F)N2. The zero-order valence-corrected chi connectivity index (χ0v) is 13.5. The van der Waals surface area contributed by atoms with Crippen LogP contribution in [0.2, 0.25) is 0 Å². The Bertz CT molecular complexity index is 1040. The second kappa shape index (κ2) is 6.03. The van der Waals surface area contributed by atoms with Crippen molar-refractivity contribution in [1.82, 2.24) is 15.2 Å². The summed E-state index contributed by atoms with van der Waals surface area (Å²) >= 11 is 0. The van der Waals surface area contributed by atoms with Crippen molar-refractivity contribution in [1.29, 1.82) is 0 Å². The van der Waals surface area contributed by atoms with Crippen LogP contribution in [-0.2, 0) is 4.79 Å². The van der Waals surface area contributed by atoms with Crippen LogP contribution < -0.4 is 10.6 Å². The molecule has 9 heteroatoms. The zero-order chi connectivity index (χ0) is 18.3. The molecule has 0 spiro atoms. The second-order valence-electron chi connectivity index (χ2n) is 5.61. The minimum Gasteiger partial charge on any atom is -0.325 e. The summed E-state index contributed by atoms with van der Waals surface area (Å²) in [5.74, 6) is -1.45. The van der Waals surface area contributed by atoms with Gasteiger partial charge in [0.05, 0.1) is 29.3 Å². The van der Waals surface area contributed by atoms with Crippen LogP contribution in [0.5, 0.6) is 0 Å². The van der Waals surface area contributed by atoms with Crippen molar-refractivity contribution >= 4 is 28.9 Å². The summed E-state index contributed by atoms with van der Waals surface area (Å²) in [5.41, 5.74) is 1.63. The second-order valence-corrected chi connectivity index (χ2v) is 5.61. The third-order valence-electron chi connectivity index (χ3n) is 3.77. The van der Waals surface area contributed by atoms with Gasteiger partial charge in [-0.2, -0.15) is 5.10 Å². The number of nitrogens with one attached hydrogen (secondary N) is 3. The topological polar surface area (TPSA) is 95.1 Å². The van der Waals surface area contributed by atoms with Gasteiger partial charge >= 0.3 is 0 Å². The molecule has 0 saturated carbocycles. The molecule has 3 heterocycles. The summed E-state index contributed by atoms with van der Waals surface area (Å²) in [6, 6.07) is 5.25. The van der Waals surface area contributed by atoms with Crippen LogP contribution in [0, 0.1) is 11.6 Å². The third kappa shape index (κ3) is 2.69. The number of hydrogen-bond donors (Lipinski definition) is 3. The predicted octanol–water partition coefficient (Wildman–Crippen LogP) is 3.21. The first-order chi connectivity index (χ1) is 12.5. The van der Waals surface area contributed by atoms with Crippen molar-refractivity contribution in [3.05, 3.63) is 53.9 Å². The number of amidine groups is 1. The summed E-state index contributed by atoms with van der Waals surface area (Å²) in [6.07, 6.45) is 2.87. The number of aromatic nitrogens is 3. The van der Waals surface area contributed by atoms with Crippen LogP contribution in [0.3, 0.4) is 0 Å². The monoisotopic (exact) mass is 354 g/mol. The van der Waals surface area contributed by atoms with E-state index in [9.17, 15) is 13.6 Å². The van der Waals surface area contributed by atoms with Gasteiger partial charge in [-0.1, -0.05) is 6.07 Å². The molecule has 1 aliphatic heterocycles. The average molecular weight is 354 g/mol. The maximum atomic E-state index is 14.2. The van der Waals surface area contributed by atoms with Gasteiger partial charge in [-0.15, -0.1) is 0 Å². The van der Waals surface area contributed by atoms with Crippen molar-refractivity contribution in [2.24, 2.45) is 4.99 Å². The maximum absolute atomic E-state index is 14.2. The Hall–Kier alpha value is -3.62. The van der Waals surface area contributed by atoms with Gasteiger partial charge in [-0.05, 0) is 18.2 Å². The van der Waals surface area contributed by atoms with Crippen molar-refractivity contribution < 1.29 is 13.6 Å². The normalized spacial score (nSPS) is 12.3. The Labute approximate surface area is 146 Å². The first-order valence-corrected chi connectivity index (χ1v) is 7.64. The van der Waals surface area contributed by atoms with Crippen LogP contribution in [0.4, 0.5) is 26.0 Å². The van der Waals surface area contributed by atoms with E-state index in [0.717, 1.165) is 12.1 Å². The number of aliphatic imine (C=N–C) groups is 1. The van der Waals surface area contributed by atoms with E-state index >= 15 is 0 Å². The van der Waals surface area contributed by atoms with Gasteiger partial charge in [-0.3, -0.25) is 9.89 Å². The van der Waals surface area contributed by atoms with Crippen molar-refractivity contribution in [3.63, 3.8) is 0 Å². The minimum absolute atomic E-state index is 0.0261. The van der Waals surface area contributed by atoms with Gasteiger partial charge in [0.15, 0.2) is 0 Å². The number of carbonyl (C=O) groups excluding carboxylic acids is 1. The molecule has 0 saturated heterocycles. The van der Waals surface area contributed by atoms with E-state index in [1.165, 1.54) is 25.4 Å². The molecule has 0 aliphatic carbocycles. The lowest BCUT2D eigenvalue weighted by Gasteiger charge is -2.12. The lowest BCUT2D eigenvalue weighted by atomic mass is 10.1. The Morgan fingerprint density at radius 3 is 2.69 bits per heavy atom. The van der Waals surface area contributed by atoms with Gasteiger partial charge in [0.25, 0.3) is 0 Å². The molecule has 0 bridgehead atoms. The number of halogens is 2. The third-order valence-corrected chi connectivity index (χ3v) is 3.77. The van der Waals surface area contributed by atoms with E-state index in [1.54, 1.807) is 6.07 Å². The van der Waals surface area contributed by atoms with E-state index in [1.807, 2.05) is 0 Å². The standard InChI is InChI=1S/C17H12F2N6O/c1-8(26)22-9-5-10-15-13(7-21-25-15)23-17(24-16(10)20-6-9)14-11(18)3-2-4-12(14)19/h2-7H,1H3,(H,21,25)(H,22,26)(H,20,23,24). The summed E-state index contributed by atoms with van der Waals surface area (Å²) < 4.78 is 28.4. The molecule has 130 valence electrons. The van der Waals surface area contributed by atoms with Crippen molar-refractivity contribution in [2.75, 3.05) is 10.6 Å². The van der Waals surface area contributed by atoms with Crippen molar-refractivity contribution in [3.8, 4) is 11.3 Å². The lowest BCUT2D eigenvalue weighted by molar-refractivity contribution is -0.114. The molecule has 1 aliphatic rings. The van der Waals surface area contributed by atoms with Gasteiger partial charge in [0.1, 0.15) is 29.0 Å². The molecular weight excluding hydrogens is 342 g/mol. The van der Waals surface area contributed by atoms with Gasteiger partial charge in [0.2, 0.25) is 5.91 Å². The van der Waals surface area contributed by atoms with E-state index in [2.05, 4.69) is 30.8 Å². The highest BCUT2D eigenvalue weighted by Gasteiger charge is 2.23. The van der Waals surface area contributed by atoms with E-state index in [0.29, 0.717) is 28.5 Å². The van der Waals surface area contributed by atoms with Crippen LogP contribution >= 0.6 is 0 Å². The molecule has 0 radical (unpaired) electrons. The van der Waals surface area contributed by atoms with Crippen molar-refractivity contribution in [2.45, 2.75) is 6.92 Å². The molecule has 0 atom stereocenters. The molecule has 3 aromatic rings. The molecule has 1 amide bonds.